The summed E-state index contributed by atoms with van der Waals surface area (Å²) in [6, 6.07) is 15.9. The van der Waals surface area contributed by atoms with Crippen LogP contribution in [0.3, 0.4) is 0 Å². The summed E-state index contributed by atoms with van der Waals surface area (Å²) in [5.74, 6) is 0.0598. The Balaban J connectivity index is 2.14. The van der Waals surface area contributed by atoms with Crippen LogP contribution in [0.4, 0.5) is 0 Å². The molecule has 0 fully saturated rings. The molecule has 0 spiro atoms. The highest BCUT2D eigenvalue weighted by atomic mass is 16.7. The second-order valence-electron chi connectivity index (χ2n) is 4.13. The van der Waals surface area contributed by atoms with Crippen molar-refractivity contribution >= 4 is 5.97 Å². The first-order valence-electron chi connectivity index (χ1n) is 6.17. The molecule has 0 radical (unpaired) electrons. The Hall–Kier alpha value is -2.17. The van der Waals surface area contributed by atoms with Crippen molar-refractivity contribution in [3.8, 4) is 5.75 Å². The molecule has 0 heterocycles. The Bertz CT molecular complexity index is 562. The molecule has 104 valence electrons. The summed E-state index contributed by atoms with van der Waals surface area (Å²) in [5, 5.41) is 0. The number of hydrogen-bond donors (Lipinski definition) is 0. The van der Waals surface area contributed by atoms with E-state index in [2.05, 4.69) is 0 Å². The second kappa shape index (κ2) is 6.84. The molecule has 0 saturated heterocycles. The van der Waals surface area contributed by atoms with Crippen molar-refractivity contribution in [3.05, 3.63) is 65.7 Å². The van der Waals surface area contributed by atoms with Crippen LogP contribution >= 0.6 is 0 Å². The first-order chi connectivity index (χ1) is 9.74. The highest BCUT2D eigenvalue weighted by Gasteiger charge is 2.12. The van der Waals surface area contributed by atoms with Gasteiger partial charge in [-0.2, -0.15) is 0 Å². The summed E-state index contributed by atoms with van der Waals surface area (Å²) in [4.78, 5) is 11.9. The van der Waals surface area contributed by atoms with Crippen molar-refractivity contribution in [2.75, 3.05) is 14.2 Å². The van der Waals surface area contributed by atoms with Gasteiger partial charge in [-0.15, -0.1) is 0 Å². The fourth-order valence-electron chi connectivity index (χ4n) is 1.83. The zero-order valence-electron chi connectivity index (χ0n) is 11.4. The standard InChI is InChI=1S/C16H16O4/c1-18-16(19-2)13-9-6-10-14(11-13)20-15(17)12-7-4-3-5-8-12/h3-11,16H,1-2H3. The van der Waals surface area contributed by atoms with E-state index in [0.717, 1.165) is 5.56 Å². The zero-order chi connectivity index (χ0) is 14.4. The zero-order valence-corrected chi connectivity index (χ0v) is 11.4. The fourth-order valence-corrected chi connectivity index (χ4v) is 1.83. The van der Waals surface area contributed by atoms with Crippen LogP contribution in [0.1, 0.15) is 22.2 Å². The maximum atomic E-state index is 11.9. The third-order valence-electron chi connectivity index (χ3n) is 2.78. The molecule has 4 heteroatoms. The van der Waals surface area contributed by atoms with Gasteiger partial charge in [0.2, 0.25) is 0 Å². The van der Waals surface area contributed by atoms with Gasteiger partial charge in [0, 0.05) is 19.8 Å². The van der Waals surface area contributed by atoms with Crippen LogP contribution in [0.15, 0.2) is 54.6 Å². The predicted octanol–water partition coefficient (Wildman–Crippen LogP) is 3.20. The summed E-state index contributed by atoms with van der Waals surface area (Å²) in [5.41, 5.74) is 1.29. The number of rotatable bonds is 5. The maximum Gasteiger partial charge on any atom is 0.343 e. The van der Waals surface area contributed by atoms with Gasteiger partial charge in [0.05, 0.1) is 5.56 Å². The molecule has 4 nitrogen and oxygen atoms in total. The maximum absolute atomic E-state index is 11.9. The van der Waals surface area contributed by atoms with E-state index in [1.807, 2.05) is 12.1 Å². The minimum Gasteiger partial charge on any atom is -0.423 e. The van der Waals surface area contributed by atoms with Gasteiger partial charge in [0.1, 0.15) is 5.75 Å². The normalized spacial score (nSPS) is 10.6. The van der Waals surface area contributed by atoms with Crippen molar-refractivity contribution in [2.45, 2.75) is 6.29 Å². The van der Waals surface area contributed by atoms with Gasteiger partial charge in [-0.25, -0.2) is 4.79 Å². The van der Waals surface area contributed by atoms with Crippen LogP contribution in [-0.4, -0.2) is 20.2 Å². The topological polar surface area (TPSA) is 44.8 Å². The number of benzene rings is 2. The Morgan fingerprint density at radius 1 is 0.950 bits per heavy atom. The van der Waals surface area contributed by atoms with Crippen molar-refractivity contribution < 1.29 is 19.0 Å². The first kappa shape index (κ1) is 14.2. The number of methoxy groups -OCH3 is 2. The molecule has 0 bridgehead atoms. The number of carbonyl (C=O) groups excluding carboxylic acids is 1. The van der Waals surface area contributed by atoms with E-state index in [-0.39, 0.29) is 0 Å². The van der Waals surface area contributed by atoms with Gasteiger partial charge >= 0.3 is 5.97 Å². The lowest BCUT2D eigenvalue weighted by Crippen LogP contribution is -2.09. The molecule has 0 saturated carbocycles. The third-order valence-corrected chi connectivity index (χ3v) is 2.78. The van der Waals surface area contributed by atoms with Crippen LogP contribution in [0.5, 0.6) is 5.75 Å². The molecule has 0 aliphatic rings. The van der Waals surface area contributed by atoms with Crippen LogP contribution in [0, 0.1) is 0 Å². The average molecular weight is 272 g/mol. The summed E-state index contributed by atoms with van der Waals surface area (Å²) in [7, 11) is 3.10. The monoisotopic (exact) mass is 272 g/mol. The number of hydrogen-bond acceptors (Lipinski definition) is 4. The Labute approximate surface area is 117 Å². The van der Waals surface area contributed by atoms with Crippen LogP contribution in [-0.2, 0) is 9.47 Å². The van der Waals surface area contributed by atoms with Gasteiger partial charge < -0.3 is 14.2 Å². The van der Waals surface area contributed by atoms with Gasteiger partial charge in [-0.05, 0) is 24.3 Å². The molecule has 0 aromatic heterocycles. The van der Waals surface area contributed by atoms with E-state index in [1.54, 1.807) is 56.7 Å². The lowest BCUT2D eigenvalue weighted by atomic mass is 10.2. The summed E-state index contributed by atoms with van der Waals surface area (Å²) >= 11 is 0. The fraction of sp³-hybridized carbons (Fsp3) is 0.188. The van der Waals surface area contributed by atoms with Gasteiger partial charge in [0.25, 0.3) is 0 Å². The smallest absolute Gasteiger partial charge is 0.343 e. The average Bonchev–Trinajstić information content (AvgIpc) is 2.50. The highest BCUT2D eigenvalue weighted by molar-refractivity contribution is 5.90. The first-order valence-corrected chi connectivity index (χ1v) is 6.17. The van der Waals surface area contributed by atoms with E-state index < -0.39 is 12.3 Å². The highest BCUT2D eigenvalue weighted by Crippen LogP contribution is 2.22. The lowest BCUT2D eigenvalue weighted by Gasteiger charge is -2.14. The Kier molecular flexibility index (Phi) is 4.87. The van der Waals surface area contributed by atoms with Crippen molar-refractivity contribution in [1.29, 1.82) is 0 Å². The molecule has 20 heavy (non-hydrogen) atoms. The molecule has 0 aliphatic carbocycles. The summed E-state index contributed by atoms with van der Waals surface area (Å²) in [6.45, 7) is 0. The number of carbonyl (C=O) groups is 1. The Morgan fingerprint density at radius 3 is 2.30 bits per heavy atom. The minimum atomic E-state index is -0.481. The molecule has 2 rings (SSSR count). The number of esters is 1. The van der Waals surface area contributed by atoms with E-state index in [1.165, 1.54) is 0 Å². The van der Waals surface area contributed by atoms with Crippen molar-refractivity contribution in [2.24, 2.45) is 0 Å². The van der Waals surface area contributed by atoms with Gasteiger partial charge in [0.15, 0.2) is 6.29 Å². The molecular weight excluding hydrogens is 256 g/mol. The SMILES string of the molecule is COC(OC)c1cccc(OC(=O)c2ccccc2)c1. The van der Waals surface area contributed by atoms with E-state index in [4.69, 9.17) is 14.2 Å². The van der Waals surface area contributed by atoms with Gasteiger partial charge in [-0.3, -0.25) is 0 Å². The van der Waals surface area contributed by atoms with E-state index in [9.17, 15) is 4.79 Å². The Morgan fingerprint density at radius 2 is 1.65 bits per heavy atom. The molecule has 0 unspecified atom stereocenters. The summed E-state index contributed by atoms with van der Waals surface area (Å²) in [6.07, 6.45) is -0.481. The molecule has 0 N–H and O–H groups in total. The summed E-state index contributed by atoms with van der Waals surface area (Å²) < 4.78 is 15.7. The molecule has 0 amide bonds. The largest absolute Gasteiger partial charge is 0.423 e. The lowest BCUT2D eigenvalue weighted by molar-refractivity contribution is -0.106. The van der Waals surface area contributed by atoms with Crippen molar-refractivity contribution in [3.63, 3.8) is 0 Å². The quantitative estimate of drug-likeness (QED) is 0.476. The number of ether oxygens (including phenoxy) is 3. The van der Waals surface area contributed by atoms with E-state index >= 15 is 0 Å². The van der Waals surface area contributed by atoms with Gasteiger partial charge in [-0.1, -0.05) is 30.3 Å². The second-order valence-corrected chi connectivity index (χ2v) is 4.13. The van der Waals surface area contributed by atoms with Crippen LogP contribution < -0.4 is 4.74 Å². The van der Waals surface area contributed by atoms with Crippen LogP contribution in [0.25, 0.3) is 0 Å². The molecular formula is C16H16O4. The molecule has 0 aliphatic heterocycles. The molecule has 2 aromatic carbocycles. The molecule has 2 aromatic rings. The van der Waals surface area contributed by atoms with E-state index in [0.29, 0.717) is 11.3 Å². The van der Waals surface area contributed by atoms with Crippen molar-refractivity contribution in [1.82, 2.24) is 0 Å². The minimum absolute atomic E-state index is 0.394. The molecule has 0 atom stereocenters. The predicted molar refractivity (Wildman–Crippen MR) is 74.6 cm³/mol. The third kappa shape index (κ3) is 3.44. The van der Waals surface area contributed by atoms with Crippen LogP contribution in [0.2, 0.25) is 0 Å².